The van der Waals surface area contributed by atoms with Gasteiger partial charge in [-0.05, 0) is 61.7 Å². The van der Waals surface area contributed by atoms with Gasteiger partial charge in [-0.3, -0.25) is 4.90 Å². The zero-order valence-corrected chi connectivity index (χ0v) is 19.8. The van der Waals surface area contributed by atoms with E-state index in [2.05, 4.69) is 36.5 Å². The van der Waals surface area contributed by atoms with Crippen molar-refractivity contribution >= 4 is 28.9 Å². The molecule has 0 spiro atoms. The maximum absolute atomic E-state index is 13.3. The average Bonchev–Trinajstić information content (AvgIpc) is 3.32. The molecule has 3 aromatic carbocycles. The number of hydrogen-bond acceptors (Lipinski definition) is 4. The molecule has 6 nitrogen and oxygen atoms in total. The van der Waals surface area contributed by atoms with Crippen LogP contribution in [0.4, 0.5) is 10.5 Å². The largest absolute Gasteiger partial charge is 0.334 e. The van der Waals surface area contributed by atoms with Crippen LogP contribution in [0.25, 0.3) is 17.0 Å². The van der Waals surface area contributed by atoms with Crippen molar-refractivity contribution in [3.8, 4) is 11.4 Å². The van der Waals surface area contributed by atoms with Crippen LogP contribution in [0.15, 0.2) is 83.0 Å². The van der Waals surface area contributed by atoms with Gasteiger partial charge in [0.05, 0.1) is 17.3 Å². The Morgan fingerprint density at radius 3 is 2.38 bits per heavy atom. The van der Waals surface area contributed by atoms with Crippen molar-refractivity contribution in [3.05, 3.63) is 106 Å². The van der Waals surface area contributed by atoms with E-state index in [1.807, 2.05) is 55.5 Å². The van der Waals surface area contributed by atoms with E-state index in [1.54, 1.807) is 17.0 Å². The van der Waals surface area contributed by atoms with E-state index in [4.69, 9.17) is 21.1 Å². The fourth-order valence-electron chi connectivity index (χ4n) is 4.15. The van der Waals surface area contributed by atoms with Crippen LogP contribution in [0.1, 0.15) is 35.5 Å². The summed E-state index contributed by atoms with van der Waals surface area (Å²) in [6, 6.07) is 22.3. The van der Waals surface area contributed by atoms with E-state index < -0.39 is 6.04 Å². The van der Waals surface area contributed by atoms with Crippen LogP contribution < -0.4 is 10.2 Å². The second-order valence-corrected chi connectivity index (χ2v) is 8.76. The van der Waals surface area contributed by atoms with Gasteiger partial charge in [0.2, 0.25) is 5.82 Å². The molecule has 0 saturated heterocycles. The number of rotatable bonds is 4. The predicted octanol–water partition coefficient (Wildman–Crippen LogP) is 6.71. The first-order valence-corrected chi connectivity index (χ1v) is 11.3. The number of allylic oxidation sites excluding steroid dienone is 1. The Labute approximate surface area is 202 Å². The summed E-state index contributed by atoms with van der Waals surface area (Å²) in [5.74, 6) is 0.850. The molecule has 7 heteroatoms. The molecule has 2 amide bonds. The lowest BCUT2D eigenvalue weighted by atomic mass is 9.92. The molecule has 0 saturated carbocycles. The highest BCUT2D eigenvalue weighted by Gasteiger charge is 2.36. The van der Waals surface area contributed by atoms with Gasteiger partial charge < -0.3 is 9.84 Å². The van der Waals surface area contributed by atoms with E-state index in [0.717, 1.165) is 22.3 Å². The van der Waals surface area contributed by atoms with E-state index in [9.17, 15) is 4.79 Å². The Morgan fingerprint density at radius 1 is 0.941 bits per heavy atom. The number of aromatic nitrogens is 2. The van der Waals surface area contributed by atoms with E-state index in [-0.39, 0.29) is 6.03 Å². The van der Waals surface area contributed by atoms with Crippen LogP contribution in [-0.2, 0) is 0 Å². The SMILES string of the molecule is CC1=C(c2nc(-c3ccccc3)no2)C(c2ccc(C)c(C)c2)NC(=O)N1c1ccc(Cl)cc1. The van der Waals surface area contributed by atoms with Gasteiger partial charge in [-0.1, -0.05) is 65.3 Å². The first-order valence-electron chi connectivity index (χ1n) is 11.0. The number of anilines is 1. The van der Waals surface area contributed by atoms with Gasteiger partial charge in [-0.2, -0.15) is 4.98 Å². The Kier molecular flexibility index (Phi) is 5.67. The first-order chi connectivity index (χ1) is 16.4. The van der Waals surface area contributed by atoms with Gasteiger partial charge in [-0.15, -0.1) is 0 Å². The highest BCUT2D eigenvalue weighted by Crippen LogP contribution is 2.39. The summed E-state index contributed by atoms with van der Waals surface area (Å²) in [6.07, 6.45) is 0. The summed E-state index contributed by atoms with van der Waals surface area (Å²) in [5, 5.41) is 7.95. The lowest BCUT2D eigenvalue weighted by Gasteiger charge is -2.35. The van der Waals surface area contributed by atoms with Crippen molar-refractivity contribution in [2.75, 3.05) is 4.90 Å². The molecule has 34 heavy (non-hydrogen) atoms. The minimum atomic E-state index is -0.445. The molecule has 1 aliphatic rings. The summed E-state index contributed by atoms with van der Waals surface area (Å²) in [6.45, 7) is 6.01. The lowest BCUT2D eigenvalue weighted by molar-refractivity contribution is 0.244. The van der Waals surface area contributed by atoms with Crippen LogP contribution in [0.3, 0.4) is 0 Å². The van der Waals surface area contributed by atoms with Crippen molar-refractivity contribution in [2.45, 2.75) is 26.8 Å². The number of hydrogen-bond donors (Lipinski definition) is 1. The fourth-order valence-corrected chi connectivity index (χ4v) is 4.28. The minimum Gasteiger partial charge on any atom is -0.334 e. The Balaban J connectivity index is 1.67. The zero-order chi connectivity index (χ0) is 23.8. The first kappa shape index (κ1) is 21.9. The zero-order valence-electron chi connectivity index (χ0n) is 19.0. The molecule has 1 aliphatic heterocycles. The third kappa shape index (κ3) is 3.97. The maximum Gasteiger partial charge on any atom is 0.326 e. The van der Waals surface area contributed by atoms with E-state index in [1.165, 1.54) is 5.56 Å². The molecule has 2 heterocycles. The van der Waals surface area contributed by atoms with Gasteiger partial charge in [0.1, 0.15) is 0 Å². The normalized spacial score (nSPS) is 16.1. The molecule has 1 N–H and O–H groups in total. The van der Waals surface area contributed by atoms with Gasteiger partial charge in [0.15, 0.2) is 0 Å². The number of nitrogens with zero attached hydrogens (tertiary/aromatic N) is 3. The molecular formula is C27H23ClN4O2. The summed E-state index contributed by atoms with van der Waals surface area (Å²) >= 11 is 6.08. The quantitative estimate of drug-likeness (QED) is 0.360. The summed E-state index contributed by atoms with van der Waals surface area (Å²) < 4.78 is 5.76. The van der Waals surface area contributed by atoms with Crippen molar-refractivity contribution in [1.82, 2.24) is 15.5 Å². The Bertz CT molecular complexity index is 1390. The lowest BCUT2D eigenvalue weighted by Crippen LogP contribution is -2.46. The maximum atomic E-state index is 13.3. The van der Waals surface area contributed by atoms with Crippen LogP contribution in [0, 0.1) is 13.8 Å². The number of aryl methyl sites for hydroxylation is 2. The number of urea groups is 1. The summed E-state index contributed by atoms with van der Waals surface area (Å²) in [4.78, 5) is 19.6. The molecule has 1 unspecified atom stereocenters. The molecule has 170 valence electrons. The molecule has 1 atom stereocenters. The van der Waals surface area contributed by atoms with Crippen LogP contribution in [0.2, 0.25) is 5.02 Å². The van der Waals surface area contributed by atoms with Gasteiger partial charge in [0.25, 0.3) is 5.89 Å². The molecule has 4 aromatic rings. The smallest absolute Gasteiger partial charge is 0.326 e. The van der Waals surface area contributed by atoms with Crippen LogP contribution in [0.5, 0.6) is 0 Å². The highest BCUT2D eigenvalue weighted by molar-refractivity contribution is 6.30. The molecule has 0 fully saturated rings. The highest BCUT2D eigenvalue weighted by atomic mass is 35.5. The molecule has 0 aliphatic carbocycles. The van der Waals surface area contributed by atoms with Crippen molar-refractivity contribution in [3.63, 3.8) is 0 Å². The Morgan fingerprint density at radius 2 is 1.68 bits per heavy atom. The topological polar surface area (TPSA) is 71.3 Å². The fraction of sp³-hybridized carbons (Fsp3) is 0.148. The molecule has 0 radical (unpaired) electrons. The van der Waals surface area contributed by atoms with E-state index in [0.29, 0.717) is 28.1 Å². The third-order valence-corrected chi connectivity index (χ3v) is 6.37. The number of halogens is 1. The second-order valence-electron chi connectivity index (χ2n) is 8.33. The Hall–Kier alpha value is -3.90. The second kappa shape index (κ2) is 8.80. The molecule has 0 bridgehead atoms. The minimum absolute atomic E-state index is 0.241. The molecule has 5 rings (SSSR count). The summed E-state index contributed by atoms with van der Waals surface area (Å²) in [5.41, 5.74) is 6.26. The number of amides is 2. The summed E-state index contributed by atoms with van der Waals surface area (Å²) in [7, 11) is 0. The molecular weight excluding hydrogens is 448 g/mol. The standard InChI is InChI=1S/C27H23ClN4O2/c1-16-9-10-20(15-17(16)2)24-23(26-30-25(31-34-26)19-7-5-4-6-8-19)18(3)32(27(33)29-24)22-13-11-21(28)12-14-22/h4-15,24H,1-3H3,(H,29,33). The van der Waals surface area contributed by atoms with Gasteiger partial charge in [-0.25, -0.2) is 4.79 Å². The number of carbonyl (C=O) groups excluding carboxylic acids is 1. The van der Waals surface area contributed by atoms with Gasteiger partial charge >= 0.3 is 6.03 Å². The van der Waals surface area contributed by atoms with E-state index >= 15 is 0 Å². The number of nitrogens with one attached hydrogen (secondary N) is 1. The van der Waals surface area contributed by atoms with Gasteiger partial charge in [0, 0.05) is 16.3 Å². The predicted molar refractivity (Wildman–Crippen MR) is 133 cm³/mol. The third-order valence-electron chi connectivity index (χ3n) is 6.12. The molecule has 1 aromatic heterocycles. The number of carbonyl (C=O) groups is 1. The average molecular weight is 471 g/mol. The van der Waals surface area contributed by atoms with Crippen molar-refractivity contribution < 1.29 is 9.32 Å². The van der Waals surface area contributed by atoms with Crippen LogP contribution >= 0.6 is 11.6 Å². The van der Waals surface area contributed by atoms with Crippen LogP contribution in [-0.4, -0.2) is 16.2 Å². The van der Waals surface area contributed by atoms with Crippen molar-refractivity contribution in [1.29, 1.82) is 0 Å². The monoisotopic (exact) mass is 470 g/mol. The van der Waals surface area contributed by atoms with Crippen molar-refractivity contribution in [2.24, 2.45) is 0 Å². The number of benzene rings is 3.